The number of likely N-dealkylation sites (tertiary alicyclic amines) is 1. The number of carbonyl (C=O) groups is 1. The molecule has 3 rings (SSSR count). The van der Waals surface area contributed by atoms with E-state index in [0.717, 1.165) is 51.1 Å². The number of likely N-dealkylation sites (N-methyl/N-ethyl adjacent to an activating group) is 1. The van der Waals surface area contributed by atoms with Crippen LogP contribution in [0, 0.1) is 0 Å². The van der Waals surface area contributed by atoms with Crippen molar-refractivity contribution in [3.63, 3.8) is 0 Å². The maximum Gasteiger partial charge on any atom is 0.317 e. The number of urea groups is 1. The van der Waals surface area contributed by atoms with Gasteiger partial charge in [0.2, 0.25) is 0 Å². The van der Waals surface area contributed by atoms with Crippen molar-refractivity contribution in [2.24, 2.45) is 0 Å². The van der Waals surface area contributed by atoms with Crippen molar-refractivity contribution < 1.29 is 9.53 Å². The quantitative estimate of drug-likeness (QED) is 0.800. The first-order valence-corrected chi connectivity index (χ1v) is 10.1. The summed E-state index contributed by atoms with van der Waals surface area (Å²) < 4.78 is 7.76. The zero-order valence-corrected chi connectivity index (χ0v) is 16.9. The van der Waals surface area contributed by atoms with Crippen LogP contribution in [-0.2, 0) is 11.3 Å². The molecule has 1 atom stereocenters. The molecule has 0 saturated carbocycles. The summed E-state index contributed by atoms with van der Waals surface area (Å²) in [4.78, 5) is 19.3. The van der Waals surface area contributed by atoms with E-state index in [1.807, 2.05) is 22.0 Å². The molecule has 2 aliphatic heterocycles. The van der Waals surface area contributed by atoms with E-state index in [4.69, 9.17) is 4.74 Å². The van der Waals surface area contributed by atoms with E-state index < -0.39 is 0 Å². The first-order valence-electron chi connectivity index (χ1n) is 10.1. The molecular formula is C19H34N6O2. The molecule has 2 amide bonds. The molecule has 2 aliphatic rings. The van der Waals surface area contributed by atoms with Gasteiger partial charge in [-0.15, -0.1) is 0 Å². The molecule has 0 aliphatic carbocycles. The molecule has 2 saturated heterocycles. The molecule has 8 nitrogen and oxygen atoms in total. The molecule has 0 aromatic carbocycles. The average Bonchev–Trinajstić information content (AvgIpc) is 3.17. The molecule has 2 fully saturated rings. The Bertz CT molecular complexity index is 597. The second-order valence-corrected chi connectivity index (χ2v) is 7.80. The minimum atomic E-state index is -0.0855. The standard InChI is InChI=1S/C19H34N6O2/c1-4-25-14-16(13-20-25)18-15-24(11-12-27-18)19(26)21-17-5-7-23(8-6-17)10-9-22(2)3/h13-14,17-18H,4-12,15H2,1-3H3,(H,21,26). The summed E-state index contributed by atoms with van der Waals surface area (Å²) >= 11 is 0. The molecule has 152 valence electrons. The molecule has 0 spiro atoms. The zero-order chi connectivity index (χ0) is 19.2. The Kier molecular flexibility index (Phi) is 7.09. The molecule has 1 aromatic heterocycles. The van der Waals surface area contributed by atoms with Crippen molar-refractivity contribution in [2.45, 2.75) is 38.5 Å². The molecule has 8 heteroatoms. The molecular weight excluding hydrogens is 344 g/mol. The predicted octanol–water partition coefficient (Wildman–Crippen LogP) is 1.01. The van der Waals surface area contributed by atoms with E-state index in [9.17, 15) is 4.79 Å². The maximum absolute atomic E-state index is 12.7. The van der Waals surface area contributed by atoms with Crippen LogP contribution in [0.5, 0.6) is 0 Å². The summed E-state index contributed by atoms with van der Waals surface area (Å²) in [5.41, 5.74) is 1.04. The lowest BCUT2D eigenvalue weighted by molar-refractivity contribution is -0.0161. The van der Waals surface area contributed by atoms with E-state index in [0.29, 0.717) is 19.7 Å². The molecule has 3 heterocycles. The van der Waals surface area contributed by atoms with Crippen LogP contribution in [0.4, 0.5) is 4.79 Å². The molecule has 27 heavy (non-hydrogen) atoms. The largest absolute Gasteiger partial charge is 0.370 e. The maximum atomic E-state index is 12.7. The van der Waals surface area contributed by atoms with Gasteiger partial charge >= 0.3 is 6.03 Å². The number of nitrogens with one attached hydrogen (secondary N) is 1. The number of morpholine rings is 1. The van der Waals surface area contributed by atoms with Gasteiger partial charge in [-0.25, -0.2) is 4.79 Å². The van der Waals surface area contributed by atoms with Gasteiger partial charge in [0.25, 0.3) is 0 Å². The highest BCUT2D eigenvalue weighted by Gasteiger charge is 2.28. The highest BCUT2D eigenvalue weighted by atomic mass is 16.5. The van der Waals surface area contributed by atoms with Crippen LogP contribution in [0.2, 0.25) is 0 Å². The molecule has 0 bridgehead atoms. The summed E-state index contributed by atoms with van der Waals surface area (Å²) in [5.74, 6) is 0. The molecule has 0 radical (unpaired) electrons. The van der Waals surface area contributed by atoms with Crippen LogP contribution in [0.1, 0.15) is 31.4 Å². The molecule has 1 N–H and O–H groups in total. The predicted molar refractivity (Wildman–Crippen MR) is 105 cm³/mol. The summed E-state index contributed by atoms with van der Waals surface area (Å²) in [7, 11) is 4.21. The summed E-state index contributed by atoms with van der Waals surface area (Å²) in [6, 6.07) is 0.315. The van der Waals surface area contributed by atoms with Crippen molar-refractivity contribution in [1.82, 2.24) is 29.8 Å². The topological polar surface area (TPSA) is 65.9 Å². The van der Waals surface area contributed by atoms with Gasteiger partial charge in [-0.1, -0.05) is 0 Å². The Balaban J connectivity index is 1.44. The number of nitrogens with zero attached hydrogens (tertiary/aromatic N) is 5. The lowest BCUT2D eigenvalue weighted by atomic mass is 10.1. The second-order valence-electron chi connectivity index (χ2n) is 7.80. The Morgan fingerprint density at radius 3 is 2.78 bits per heavy atom. The van der Waals surface area contributed by atoms with Crippen molar-refractivity contribution in [2.75, 3.05) is 60.0 Å². The average molecular weight is 379 g/mol. The van der Waals surface area contributed by atoms with Crippen LogP contribution in [0.25, 0.3) is 0 Å². The number of rotatable bonds is 6. The Labute approximate surface area is 162 Å². The van der Waals surface area contributed by atoms with Crippen molar-refractivity contribution in [1.29, 1.82) is 0 Å². The van der Waals surface area contributed by atoms with Crippen LogP contribution < -0.4 is 5.32 Å². The van der Waals surface area contributed by atoms with Gasteiger partial charge in [0.1, 0.15) is 6.10 Å². The minimum Gasteiger partial charge on any atom is -0.370 e. The highest BCUT2D eigenvalue weighted by molar-refractivity contribution is 5.74. The highest BCUT2D eigenvalue weighted by Crippen LogP contribution is 2.22. The third-order valence-corrected chi connectivity index (χ3v) is 5.48. The van der Waals surface area contributed by atoms with Gasteiger partial charge in [-0.2, -0.15) is 5.10 Å². The number of piperidine rings is 1. The monoisotopic (exact) mass is 378 g/mol. The summed E-state index contributed by atoms with van der Waals surface area (Å²) in [6.07, 6.45) is 5.82. The third-order valence-electron chi connectivity index (χ3n) is 5.48. The SMILES string of the molecule is CCn1cc(C2CN(C(=O)NC3CCN(CCN(C)C)CC3)CCO2)cn1. The zero-order valence-electron chi connectivity index (χ0n) is 16.9. The molecule has 1 unspecified atom stereocenters. The van der Waals surface area contributed by atoms with Gasteiger partial charge < -0.3 is 24.8 Å². The van der Waals surface area contributed by atoms with E-state index in [1.165, 1.54) is 0 Å². The summed E-state index contributed by atoms with van der Waals surface area (Å²) in [5, 5.41) is 7.55. The van der Waals surface area contributed by atoms with Crippen molar-refractivity contribution in [3.8, 4) is 0 Å². The number of aryl methyl sites for hydroxylation is 1. The first kappa shape index (κ1) is 20.1. The third kappa shape index (κ3) is 5.67. The van der Waals surface area contributed by atoms with Crippen LogP contribution in [-0.4, -0.2) is 96.5 Å². The smallest absolute Gasteiger partial charge is 0.317 e. The lowest BCUT2D eigenvalue weighted by Gasteiger charge is -2.36. The normalized spacial score (nSPS) is 22.4. The lowest BCUT2D eigenvalue weighted by Crippen LogP contribution is -2.52. The molecule has 1 aromatic rings. The number of hydrogen-bond acceptors (Lipinski definition) is 5. The van der Waals surface area contributed by atoms with Gasteiger partial charge in [0.05, 0.1) is 19.3 Å². The Morgan fingerprint density at radius 2 is 2.11 bits per heavy atom. The second kappa shape index (κ2) is 9.52. The van der Waals surface area contributed by atoms with Crippen LogP contribution >= 0.6 is 0 Å². The fourth-order valence-electron chi connectivity index (χ4n) is 3.66. The Morgan fingerprint density at radius 1 is 1.33 bits per heavy atom. The van der Waals surface area contributed by atoms with E-state index >= 15 is 0 Å². The van der Waals surface area contributed by atoms with E-state index in [1.54, 1.807) is 0 Å². The van der Waals surface area contributed by atoms with E-state index in [-0.39, 0.29) is 18.2 Å². The van der Waals surface area contributed by atoms with Gasteiger partial charge in [0, 0.05) is 57.1 Å². The minimum absolute atomic E-state index is 0.0397. The Hall–Kier alpha value is -1.64. The summed E-state index contributed by atoms with van der Waals surface area (Å²) in [6.45, 7) is 8.99. The van der Waals surface area contributed by atoms with Gasteiger partial charge in [-0.3, -0.25) is 4.68 Å². The first-order chi connectivity index (χ1) is 13.0. The van der Waals surface area contributed by atoms with Crippen LogP contribution in [0.15, 0.2) is 12.4 Å². The van der Waals surface area contributed by atoms with Crippen molar-refractivity contribution >= 4 is 6.03 Å². The number of hydrogen-bond donors (Lipinski definition) is 1. The number of carbonyl (C=O) groups excluding carboxylic acids is 1. The van der Waals surface area contributed by atoms with Crippen molar-refractivity contribution in [3.05, 3.63) is 18.0 Å². The fraction of sp³-hybridized carbons (Fsp3) is 0.789. The van der Waals surface area contributed by atoms with Gasteiger partial charge in [-0.05, 0) is 33.9 Å². The number of amides is 2. The van der Waals surface area contributed by atoms with Gasteiger partial charge in [0.15, 0.2) is 0 Å². The fourth-order valence-corrected chi connectivity index (χ4v) is 3.66. The number of aromatic nitrogens is 2. The van der Waals surface area contributed by atoms with Crippen LogP contribution in [0.3, 0.4) is 0 Å². The number of ether oxygens (including phenoxy) is 1. The van der Waals surface area contributed by atoms with E-state index in [2.05, 4.69) is 41.2 Å².